The molecule has 3 rings (SSSR count). The number of rotatable bonds is 8. The third-order valence-electron chi connectivity index (χ3n) is 3.84. The number of hydrogen-bond donors (Lipinski definition) is 2. The second-order valence-corrected chi connectivity index (χ2v) is 5.66. The van der Waals surface area contributed by atoms with E-state index in [-0.39, 0.29) is 11.7 Å². The van der Waals surface area contributed by atoms with Gasteiger partial charge in [0.05, 0.1) is 5.52 Å². The molecular weight excluding hydrogens is 321 g/mol. The van der Waals surface area contributed by atoms with Crippen LogP contribution >= 0.6 is 0 Å². The van der Waals surface area contributed by atoms with Gasteiger partial charge in [-0.05, 0) is 42.1 Å². The first kappa shape index (κ1) is 16.9. The molecule has 0 saturated carbocycles. The van der Waals surface area contributed by atoms with Crippen LogP contribution in [0.15, 0.2) is 48.9 Å². The fourth-order valence-corrected chi connectivity index (χ4v) is 2.60. The minimum Gasteiger partial charge on any atom is -0.354 e. The smallest absolute Gasteiger partial charge is 0.222 e. The Morgan fingerprint density at radius 2 is 2.00 bits per heavy atom. The Kier molecular flexibility index (Phi) is 5.56. The summed E-state index contributed by atoms with van der Waals surface area (Å²) >= 11 is 0. The number of benzene rings is 1. The summed E-state index contributed by atoms with van der Waals surface area (Å²) in [5.41, 5.74) is 0.835. The number of hydrogen-bond acceptors (Lipinski definition) is 4. The van der Waals surface area contributed by atoms with Gasteiger partial charge in [-0.3, -0.25) is 4.79 Å². The van der Waals surface area contributed by atoms with E-state index in [1.54, 1.807) is 24.5 Å². The summed E-state index contributed by atoms with van der Waals surface area (Å²) in [6.07, 6.45) is 6.36. The third-order valence-corrected chi connectivity index (χ3v) is 3.84. The van der Waals surface area contributed by atoms with Crippen LogP contribution in [0.25, 0.3) is 10.9 Å². The molecule has 7 heteroatoms. The van der Waals surface area contributed by atoms with Gasteiger partial charge in [-0.1, -0.05) is 0 Å². The molecule has 0 fully saturated rings. The minimum absolute atomic E-state index is 0.00146. The van der Waals surface area contributed by atoms with Crippen molar-refractivity contribution in [3.63, 3.8) is 0 Å². The second-order valence-electron chi connectivity index (χ2n) is 5.66. The molecule has 25 heavy (non-hydrogen) atoms. The monoisotopic (exact) mass is 341 g/mol. The molecule has 3 aromatic rings. The summed E-state index contributed by atoms with van der Waals surface area (Å²) in [6, 6.07) is 8.40. The molecular formula is C18H20FN5O. The number of aromatic nitrogens is 3. The van der Waals surface area contributed by atoms with Crippen LogP contribution in [0.4, 0.5) is 10.3 Å². The standard InChI is InChI=1S/C18H20FN5O/c19-15-5-4-14-6-11-24(16(14)13-15)12-10-20-17(25)3-1-7-21-18-22-8-2-9-23-18/h2,4-6,8-9,11,13H,1,3,7,10,12H2,(H,20,25)(H,21,22,23). The van der Waals surface area contributed by atoms with Crippen molar-refractivity contribution in [2.24, 2.45) is 0 Å². The van der Waals surface area contributed by atoms with E-state index in [1.165, 1.54) is 12.1 Å². The Balaban J connectivity index is 1.37. The topological polar surface area (TPSA) is 71.8 Å². The highest BCUT2D eigenvalue weighted by Gasteiger charge is 2.04. The molecule has 0 aliphatic carbocycles. The largest absolute Gasteiger partial charge is 0.354 e. The number of amides is 1. The van der Waals surface area contributed by atoms with Crippen molar-refractivity contribution >= 4 is 22.8 Å². The van der Waals surface area contributed by atoms with E-state index in [4.69, 9.17) is 0 Å². The molecule has 0 aliphatic heterocycles. The predicted molar refractivity (Wildman–Crippen MR) is 94.7 cm³/mol. The van der Waals surface area contributed by atoms with E-state index in [0.717, 1.165) is 10.9 Å². The first-order valence-electron chi connectivity index (χ1n) is 8.24. The normalized spacial score (nSPS) is 10.8. The van der Waals surface area contributed by atoms with Gasteiger partial charge >= 0.3 is 0 Å². The van der Waals surface area contributed by atoms with E-state index in [1.807, 2.05) is 16.8 Å². The molecule has 0 saturated heterocycles. The number of nitrogens with one attached hydrogen (secondary N) is 2. The van der Waals surface area contributed by atoms with Crippen LogP contribution in [0.1, 0.15) is 12.8 Å². The quantitative estimate of drug-likeness (QED) is 0.618. The summed E-state index contributed by atoms with van der Waals surface area (Å²) in [5, 5.41) is 6.94. The fourth-order valence-electron chi connectivity index (χ4n) is 2.60. The van der Waals surface area contributed by atoms with Gasteiger partial charge < -0.3 is 15.2 Å². The molecule has 0 bridgehead atoms. The summed E-state index contributed by atoms with van der Waals surface area (Å²) < 4.78 is 15.3. The van der Waals surface area contributed by atoms with Gasteiger partial charge in [0.15, 0.2) is 0 Å². The number of halogens is 1. The van der Waals surface area contributed by atoms with E-state index in [9.17, 15) is 9.18 Å². The molecule has 6 nitrogen and oxygen atoms in total. The van der Waals surface area contributed by atoms with Gasteiger partial charge in [0.2, 0.25) is 11.9 Å². The number of anilines is 1. The maximum absolute atomic E-state index is 13.3. The molecule has 1 amide bonds. The molecule has 0 aliphatic rings. The highest BCUT2D eigenvalue weighted by atomic mass is 19.1. The molecule has 130 valence electrons. The van der Waals surface area contributed by atoms with Crippen LogP contribution < -0.4 is 10.6 Å². The number of carbonyl (C=O) groups is 1. The summed E-state index contributed by atoms with van der Waals surface area (Å²) in [4.78, 5) is 20.0. The molecule has 2 N–H and O–H groups in total. The Bertz CT molecular complexity index is 834. The minimum atomic E-state index is -0.258. The van der Waals surface area contributed by atoms with Gasteiger partial charge in [0.25, 0.3) is 0 Å². The lowest BCUT2D eigenvalue weighted by molar-refractivity contribution is -0.121. The molecule has 0 unspecified atom stereocenters. The highest BCUT2D eigenvalue weighted by molar-refractivity contribution is 5.80. The van der Waals surface area contributed by atoms with Gasteiger partial charge in [-0.25, -0.2) is 14.4 Å². The number of carbonyl (C=O) groups excluding carboxylic acids is 1. The average Bonchev–Trinajstić information content (AvgIpc) is 3.02. The van der Waals surface area contributed by atoms with E-state index in [2.05, 4.69) is 20.6 Å². The van der Waals surface area contributed by atoms with Crippen molar-refractivity contribution in [3.8, 4) is 0 Å². The first-order valence-corrected chi connectivity index (χ1v) is 8.24. The number of nitrogens with zero attached hydrogens (tertiary/aromatic N) is 3. The molecule has 0 radical (unpaired) electrons. The molecule has 1 aromatic carbocycles. The molecule has 0 spiro atoms. The number of fused-ring (bicyclic) bond motifs is 1. The Hall–Kier alpha value is -2.96. The van der Waals surface area contributed by atoms with Crippen LogP contribution in [0.2, 0.25) is 0 Å². The van der Waals surface area contributed by atoms with Gasteiger partial charge in [0.1, 0.15) is 5.82 Å². The predicted octanol–water partition coefficient (Wildman–Crippen LogP) is 2.58. The highest BCUT2D eigenvalue weighted by Crippen LogP contribution is 2.16. The lowest BCUT2D eigenvalue weighted by Crippen LogP contribution is -2.27. The lowest BCUT2D eigenvalue weighted by atomic mass is 10.2. The zero-order chi connectivity index (χ0) is 17.5. The maximum Gasteiger partial charge on any atom is 0.222 e. The fraction of sp³-hybridized carbons (Fsp3) is 0.278. The Labute approximate surface area is 145 Å². The van der Waals surface area contributed by atoms with E-state index < -0.39 is 0 Å². The van der Waals surface area contributed by atoms with Crippen molar-refractivity contribution in [2.75, 3.05) is 18.4 Å². The lowest BCUT2D eigenvalue weighted by Gasteiger charge is -2.08. The van der Waals surface area contributed by atoms with Crippen molar-refractivity contribution in [1.29, 1.82) is 0 Å². The Morgan fingerprint density at radius 3 is 2.84 bits per heavy atom. The van der Waals surface area contributed by atoms with Crippen LogP contribution in [-0.4, -0.2) is 33.5 Å². The van der Waals surface area contributed by atoms with Gasteiger partial charge in [0, 0.05) is 44.6 Å². The average molecular weight is 341 g/mol. The summed E-state index contributed by atoms with van der Waals surface area (Å²) in [5.74, 6) is 0.305. The van der Waals surface area contributed by atoms with Gasteiger partial charge in [-0.2, -0.15) is 0 Å². The zero-order valence-electron chi connectivity index (χ0n) is 13.8. The van der Waals surface area contributed by atoms with Gasteiger partial charge in [-0.15, -0.1) is 0 Å². The van der Waals surface area contributed by atoms with Crippen molar-refractivity contribution in [1.82, 2.24) is 19.9 Å². The zero-order valence-corrected chi connectivity index (χ0v) is 13.8. The SMILES string of the molecule is O=C(CCCNc1ncccn1)NCCn1ccc2ccc(F)cc21. The van der Waals surface area contributed by atoms with Crippen molar-refractivity contribution in [3.05, 3.63) is 54.7 Å². The van der Waals surface area contributed by atoms with Crippen LogP contribution in [0.3, 0.4) is 0 Å². The van der Waals surface area contributed by atoms with E-state index in [0.29, 0.717) is 38.4 Å². The first-order chi connectivity index (χ1) is 12.2. The molecule has 2 heterocycles. The molecule has 0 atom stereocenters. The van der Waals surface area contributed by atoms with Crippen LogP contribution in [-0.2, 0) is 11.3 Å². The molecule has 2 aromatic heterocycles. The second kappa shape index (κ2) is 8.23. The van der Waals surface area contributed by atoms with Crippen LogP contribution in [0.5, 0.6) is 0 Å². The van der Waals surface area contributed by atoms with Crippen molar-refractivity contribution < 1.29 is 9.18 Å². The maximum atomic E-state index is 13.3. The van der Waals surface area contributed by atoms with E-state index >= 15 is 0 Å². The van der Waals surface area contributed by atoms with Crippen LogP contribution in [0, 0.1) is 5.82 Å². The summed E-state index contributed by atoms with van der Waals surface area (Å²) in [7, 11) is 0. The summed E-state index contributed by atoms with van der Waals surface area (Å²) in [6.45, 7) is 1.75. The van der Waals surface area contributed by atoms with Crippen molar-refractivity contribution in [2.45, 2.75) is 19.4 Å². The Morgan fingerprint density at radius 1 is 1.16 bits per heavy atom. The third kappa shape index (κ3) is 4.76.